The Hall–Kier alpha value is -1.67. The Kier molecular flexibility index (Phi) is 5.10. The predicted molar refractivity (Wildman–Crippen MR) is 74.8 cm³/mol. The van der Waals surface area contributed by atoms with Gasteiger partial charge in [-0.3, -0.25) is 0 Å². The molecule has 0 aliphatic carbocycles. The Labute approximate surface area is 114 Å². The molecule has 102 valence electrons. The number of rotatable bonds is 5. The summed E-state index contributed by atoms with van der Waals surface area (Å²) >= 11 is 0. The lowest BCUT2D eigenvalue weighted by molar-refractivity contribution is 0.376. The molecular formula is C14H21N5. The maximum Gasteiger partial charge on any atom is 0.183 e. The van der Waals surface area contributed by atoms with Crippen LogP contribution in [0.4, 0.5) is 5.82 Å². The molecule has 2 rings (SSSR count). The van der Waals surface area contributed by atoms with Crippen molar-refractivity contribution in [2.24, 2.45) is 5.92 Å². The largest absolute Gasteiger partial charge is 0.354 e. The van der Waals surface area contributed by atoms with Crippen LogP contribution in [0.25, 0.3) is 0 Å². The normalized spacial score (nSPS) is 18.8. The summed E-state index contributed by atoms with van der Waals surface area (Å²) in [6, 6.07) is 2.14. The third kappa shape index (κ3) is 3.65. The summed E-state index contributed by atoms with van der Waals surface area (Å²) in [6.07, 6.45) is 6.76. The molecule has 0 bridgehead atoms. The highest BCUT2D eigenvalue weighted by Gasteiger charge is 2.19. The molecule has 0 aromatic carbocycles. The molecule has 0 radical (unpaired) electrons. The molecule has 1 unspecified atom stereocenters. The van der Waals surface area contributed by atoms with Crippen LogP contribution < -0.4 is 10.2 Å². The molecule has 1 N–H and O–H groups in total. The third-order valence-corrected chi connectivity index (χ3v) is 3.46. The summed E-state index contributed by atoms with van der Waals surface area (Å²) in [5.74, 6) is 1.37. The van der Waals surface area contributed by atoms with E-state index in [4.69, 9.17) is 5.26 Å². The molecule has 2 heterocycles. The second-order valence-electron chi connectivity index (χ2n) is 5.00. The van der Waals surface area contributed by atoms with Gasteiger partial charge in [0.25, 0.3) is 0 Å². The number of hydrogen-bond acceptors (Lipinski definition) is 5. The molecule has 0 spiro atoms. The zero-order chi connectivity index (χ0) is 13.5. The van der Waals surface area contributed by atoms with Gasteiger partial charge < -0.3 is 10.2 Å². The summed E-state index contributed by atoms with van der Waals surface area (Å²) in [7, 11) is 0. The van der Waals surface area contributed by atoms with E-state index < -0.39 is 0 Å². The fraction of sp³-hybridized carbons (Fsp3) is 0.643. The first-order valence-electron chi connectivity index (χ1n) is 7.02. The van der Waals surface area contributed by atoms with Crippen LogP contribution in [0.3, 0.4) is 0 Å². The van der Waals surface area contributed by atoms with E-state index in [-0.39, 0.29) is 0 Å². The fourth-order valence-corrected chi connectivity index (χ4v) is 2.59. The zero-order valence-corrected chi connectivity index (χ0v) is 11.5. The molecule has 0 amide bonds. The number of hydrogen-bond donors (Lipinski definition) is 1. The first kappa shape index (κ1) is 13.8. The Balaban J connectivity index is 2.12. The highest BCUT2D eigenvalue weighted by atomic mass is 15.2. The van der Waals surface area contributed by atoms with Crippen LogP contribution in [-0.2, 0) is 0 Å². The van der Waals surface area contributed by atoms with Gasteiger partial charge in [0.15, 0.2) is 11.5 Å². The SMILES string of the molecule is CCCN(CC1CCCNC1)c1nccnc1C#N. The maximum atomic E-state index is 9.15. The van der Waals surface area contributed by atoms with E-state index in [2.05, 4.69) is 33.2 Å². The standard InChI is InChI=1S/C14H21N5/c1-2-8-19(11-12-4-3-5-16-10-12)14-13(9-15)17-6-7-18-14/h6-7,12,16H,2-5,8,10-11H2,1H3. The molecular weight excluding hydrogens is 238 g/mol. The Morgan fingerprint density at radius 2 is 2.32 bits per heavy atom. The quantitative estimate of drug-likeness (QED) is 0.869. The minimum atomic E-state index is 0.430. The monoisotopic (exact) mass is 259 g/mol. The first-order valence-corrected chi connectivity index (χ1v) is 7.02. The van der Waals surface area contributed by atoms with E-state index in [0.29, 0.717) is 11.6 Å². The van der Waals surface area contributed by atoms with Crippen molar-refractivity contribution in [3.05, 3.63) is 18.1 Å². The van der Waals surface area contributed by atoms with Gasteiger partial charge in [-0.1, -0.05) is 6.92 Å². The highest BCUT2D eigenvalue weighted by molar-refractivity contribution is 5.49. The Morgan fingerprint density at radius 1 is 1.47 bits per heavy atom. The minimum absolute atomic E-state index is 0.430. The van der Waals surface area contributed by atoms with Gasteiger partial charge >= 0.3 is 0 Å². The van der Waals surface area contributed by atoms with Gasteiger partial charge in [-0.2, -0.15) is 5.26 Å². The lowest BCUT2D eigenvalue weighted by Gasteiger charge is -2.30. The third-order valence-electron chi connectivity index (χ3n) is 3.46. The van der Waals surface area contributed by atoms with Gasteiger partial charge in [0, 0.05) is 25.5 Å². The number of piperidine rings is 1. The second kappa shape index (κ2) is 7.05. The molecule has 5 heteroatoms. The van der Waals surface area contributed by atoms with Crippen molar-refractivity contribution in [1.82, 2.24) is 15.3 Å². The molecule has 1 saturated heterocycles. The van der Waals surface area contributed by atoms with Gasteiger partial charge in [-0.05, 0) is 38.3 Å². The summed E-state index contributed by atoms with van der Waals surface area (Å²) in [5.41, 5.74) is 0.430. The van der Waals surface area contributed by atoms with E-state index >= 15 is 0 Å². The number of nitrogens with zero attached hydrogens (tertiary/aromatic N) is 4. The number of nitrogens with one attached hydrogen (secondary N) is 1. The minimum Gasteiger partial charge on any atom is -0.354 e. The molecule has 1 fully saturated rings. The summed E-state index contributed by atoms with van der Waals surface area (Å²) in [5, 5.41) is 12.6. The second-order valence-corrected chi connectivity index (χ2v) is 5.00. The van der Waals surface area contributed by atoms with E-state index in [1.165, 1.54) is 12.8 Å². The topological polar surface area (TPSA) is 64.8 Å². The van der Waals surface area contributed by atoms with Crippen molar-refractivity contribution in [3.63, 3.8) is 0 Å². The van der Waals surface area contributed by atoms with Crippen molar-refractivity contribution >= 4 is 5.82 Å². The lowest BCUT2D eigenvalue weighted by Crippen LogP contribution is -2.39. The highest BCUT2D eigenvalue weighted by Crippen LogP contribution is 2.19. The van der Waals surface area contributed by atoms with Crippen molar-refractivity contribution in [3.8, 4) is 6.07 Å². The average Bonchev–Trinajstić information content (AvgIpc) is 2.48. The molecule has 1 atom stereocenters. The summed E-state index contributed by atoms with van der Waals surface area (Å²) < 4.78 is 0. The van der Waals surface area contributed by atoms with E-state index in [1.54, 1.807) is 12.4 Å². The van der Waals surface area contributed by atoms with Crippen LogP contribution in [0.15, 0.2) is 12.4 Å². The van der Waals surface area contributed by atoms with Crippen LogP contribution in [0.2, 0.25) is 0 Å². The van der Waals surface area contributed by atoms with E-state index in [1.807, 2.05) is 0 Å². The van der Waals surface area contributed by atoms with Gasteiger partial charge in [0.2, 0.25) is 0 Å². The van der Waals surface area contributed by atoms with Crippen LogP contribution >= 0.6 is 0 Å². The molecule has 1 aliphatic heterocycles. The summed E-state index contributed by atoms with van der Waals surface area (Å²) in [6.45, 7) is 6.20. The van der Waals surface area contributed by atoms with Crippen molar-refractivity contribution < 1.29 is 0 Å². The van der Waals surface area contributed by atoms with Crippen molar-refractivity contribution in [2.45, 2.75) is 26.2 Å². The Bertz CT molecular complexity index is 434. The van der Waals surface area contributed by atoms with Crippen LogP contribution in [0, 0.1) is 17.2 Å². The van der Waals surface area contributed by atoms with E-state index in [0.717, 1.165) is 38.4 Å². The number of aromatic nitrogens is 2. The predicted octanol–water partition coefficient (Wildman–Crippen LogP) is 1.56. The molecule has 19 heavy (non-hydrogen) atoms. The number of anilines is 1. The summed E-state index contributed by atoms with van der Waals surface area (Å²) in [4.78, 5) is 10.7. The zero-order valence-electron chi connectivity index (χ0n) is 11.5. The molecule has 1 aromatic heterocycles. The van der Waals surface area contributed by atoms with Gasteiger partial charge in [0.1, 0.15) is 6.07 Å². The van der Waals surface area contributed by atoms with Crippen LogP contribution in [0.1, 0.15) is 31.9 Å². The van der Waals surface area contributed by atoms with Crippen LogP contribution in [-0.4, -0.2) is 36.1 Å². The molecule has 5 nitrogen and oxygen atoms in total. The Morgan fingerprint density at radius 3 is 3.00 bits per heavy atom. The fourth-order valence-electron chi connectivity index (χ4n) is 2.59. The van der Waals surface area contributed by atoms with Crippen molar-refractivity contribution in [1.29, 1.82) is 5.26 Å². The van der Waals surface area contributed by atoms with Gasteiger partial charge in [-0.25, -0.2) is 9.97 Å². The smallest absolute Gasteiger partial charge is 0.183 e. The van der Waals surface area contributed by atoms with Gasteiger partial charge in [-0.15, -0.1) is 0 Å². The lowest BCUT2D eigenvalue weighted by atomic mass is 9.99. The van der Waals surface area contributed by atoms with Crippen LogP contribution in [0.5, 0.6) is 0 Å². The first-order chi connectivity index (χ1) is 9.35. The molecule has 1 aliphatic rings. The van der Waals surface area contributed by atoms with Gasteiger partial charge in [0.05, 0.1) is 0 Å². The number of nitriles is 1. The molecule has 1 aromatic rings. The molecule has 0 saturated carbocycles. The van der Waals surface area contributed by atoms with E-state index in [9.17, 15) is 0 Å². The average molecular weight is 259 g/mol. The van der Waals surface area contributed by atoms with Crippen molar-refractivity contribution in [2.75, 3.05) is 31.1 Å². The maximum absolute atomic E-state index is 9.15.